The van der Waals surface area contributed by atoms with Crippen molar-refractivity contribution in [3.63, 3.8) is 0 Å². The average Bonchev–Trinajstić information content (AvgIpc) is 3.31. The molecular formula is C37H42N8O3. The Morgan fingerprint density at radius 1 is 1.02 bits per heavy atom. The molecule has 11 heteroatoms. The molecule has 11 nitrogen and oxygen atoms in total. The van der Waals surface area contributed by atoms with E-state index in [1.165, 1.54) is 29.3 Å². The fourth-order valence-corrected chi connectivity index (χ4v) is 8.59. The van der Waals surface area contributed by atoms with Crippen LogP contribution in [0.3, 0.4) is 0 Å². The SMILES string of the molecule is COc1cc(C(=O)N2C[C@H]3CC[C@@H]2C3N)cc2nc(-c3cc4cccc(C5CN(C(C)=O)C5)c4n3CC3CC3)n(Cc3cnn(C)c3)c12. The Labute approximate surface area is 279 Å². The molecule has 2 bridgehead atoms. The van der Waals surface area contributed by atoms with Gasteiger partial charge in [0.05, 0.1) is 36.6 Å². The number of piperidine rings is 1. The second-order valence-electron chi connectivity index (χ2n) is 14.5. The van der Waals surface area contributed by atoms with Crippen LogP contribution in [0.15, 0.2) is 48.8 Å². The van der Waals surface area contributed by atoms with Gasteiger partial charge in [-0.05, 0) is 61.3 Å². The predicted octanol–water partition coefficient (Wildman–Crippen LogP) is 4.37. The van der Waals surface area contributed by atoms with Crippen LogP contribution in [0, 0.1) is 11.8 Å². The number of fused-ring (bicyclic) bond motifs is 4. The van der Waals surface area contributed by atoms with E-state index in [-0.39, 0.29) is 23.9 Å². The molecule has 3 aromatic heterocycles. The van der Waals surface area contributed by atoms with Crippen LogP contribution in [0.4, 0.5) is 0 Å². The summed E-state index contributed by atoms with van der Waals surface area (Å²) in [5.41, 5.74) is 13.3. The van der Waals surface area contributed by atoms with Crippen molar-refractivity contribution in [3.05, 3.63) is 65.5 Å². The van der Waals surface area contributed by atoms with Gasteiger partial charge >= 0.3 is 0 Å². The van der Waals surface area contributed by atoms with Crippen molar-refractivity contribution in [3.8, 4) is 17.3 Å². The lowest BCUT2D eigenvalue weighted by Gasteiger charge is -2.39. The van der Waals surface area contributed by atoms with E-state index in [4.69, 9.17) is 15.5 Å². The number of ether oxygens (including phenoxy) is 1. The zero-order valence-corrected chi connectivity index (χ0v) is 27.8. The molecule has 2 aliphatic heterocycles. The van der Waals surface area contributed by atoms with Crippen LogP contribution < -0.4 is 10.5 Å². The fraction of sp³-hybridized carbons (Fsp3) is 0.459. The van der Waals surface area contributed by atoms with E-state index in [0.29, 0.717) is 42.2 Å². The number of aryl methyl sites for hydroxylation is 1. The van der Waals surface area contributed by atoms with Gasteiger partial charge in [0.1, 0.15) is 11.3 Å². The van der Waals surface area contributed by atoms with Gasteiger partial charge in [-0.1, -0.05) is 18.2 Å². The molecule has 2 saturated carbocycles. The molecule has 5 aromatic rings. The van der Waals surface area contributed by atoms with Crippen LogP contribution in [0.25, 0.3) is 33.5 Å². The van der Waals surface area contributed by atoms with Crippen LogP contribution in [-0.2, 0) is 24.9 Å². The highest BCUT2D eigenvalue weighted by Gasteiger charge is 2.47. The molecule has 0 spiro atoms. The average molecular weight is 647 g/mol. The number of para-hydroxylation sites is 1. The molecule has 2 aromatic carbocycles. The molecular weight excluding hydrogens is 604 g/mol. The Morgan fingerprint density at radius 2 is 1.85 bits per heavy atom. The van der Waals surface area contributed by atoms with Crippen molar-refractivity contribution in [1.29, 1.82) is 0 Å². The van der Waals surface area contributed by atoms with Crippen LogP contribution in [0.5, 0.6) is 5.75 Å². The molecule has 1 unspecified atom stereocenters. The number of amides is 2. The molecule has 0 radical (unpaired) electrons. The molecule has 2 amide bonds. The van der Waals surface area contributed by atoms with Gasteiger partial charge in [-0.25, -0.2) is 4.98 Å². The maximum atomic E-state index is 14.0. The van der Waals surface area contributed by atoms with E-state index in [9.17, 15) is 9.59 Å². The normalized spacial score (nSPS) is 22.3. The summed E-state index contributed by atoms with van der Waals surface area (Å²) < 4.78 is 12.6. The predicted molar refractivity (Wildman–Crippen MR) is 183 cm³/mol. The zero-order chi connectivity index (χ0) is 32.8. The Kier molecular flexibility index (Phi) is 6.73. The summed E-state index contributed by atoms with van der Waals surface area (Å²) in [4.78, 5) is 35.3. The molecule has 9 rings (SSSR count). The number of rotatable bonds is 8. The first-order valence-electron chi connectivity index (χ1n) is 17.3. The molecule has 248 valence electrons. The van der Waals surface area contributed by atoms with E-state index in [1.807, 2.05) is 46.1 Å². The third-order valence-electron chi connectivity index (χ3n) is 11.4. The number of benzene rings is 2. The van der Waals surface area contributed by atoms with Gasteiger partial charge in [-0.2, -0.15) is 5.10 Å². The first-order chi connectivity index (χ1) is 23.3. The Morgan fingerprint density at radius 3 is 2.52 bits per heavy atom. The van der Waals surface area contributed by atoms with Crippen LogP contribution in [0.2, 0.25) is 0 Å². The van der Waals surface area contributed by atoms with Gasteiger partial charge in [-0.15, -0.1) is 0 Å². The Hall–Kier alpha value is -4.64. The smallest absolute Gasteiger partial charge is 0.254 e. The third kappa shape index (κ3) is 4.65. The van der Waals surface area contributed by atoms with Gasteiger partial charge in [0.15, 0.2) is 5.82 Å². The second-order valence-corrected chi connectivity index (χ2v) is 14.5. The second kappa shape index (κ2) is 10.9. The van der Waals surface area contributed by atoms with Gasteiger partial charge in [0.2, 0.25) is 5.91 Å². The number of hydrogen-bond donors (Lipinski definition) is 1. The molecule has 2 aliphatic carbocycles. The molecule has 3 atom stereocenters. The van der Waals surface area contributed by atoms with E-state index < -0.39 is 0 Å². The largest absolute Gasteiger partial charge is 0.494 e. The van der Waals surface area contributed by atoms with Gasteiger partial charge in [0.25, 0.3) is 5.91 Å². The maximum Gasteiger partial charge on any atom is 0.254 e. The lowest BCUT2D eigenvalue weighted by atomic mass is 9.90. The molecule has 2 saturated heterocycles. The van der Waals surface area contributed by atoms with Crippen molar-refractivity contribution in [1.82, 2.24) is 33.7 Å². The Balaban J connectivity index is 1.21. The van der Waals surface area contributed by atoms with Crippen molar-refractivity contribution < 1.29 is 14.3 Å². The minimum Gasteiger partial charge on any atom is -0.494 e. The summed E-state index contributed by atoms with van der Waals surface area (Å²) in [6.45, 7) is 5.30. The summed E-state index contributed by atoms with van der Waals surface area (Å²) in [7, 11) is 3.59. The fourth-order valence-electron chi connectivity index (χ4n) is 8.59. The number of nitrogens with zero attached hydrogens (tertiary/aromatic N) is 7. The number of hydrogen-bond acceptors (Lipinski definition) is 6. The molecule has 2 N–H and O–H groups in total. The first-order valence-corrected chi connectivity index (χ1v) is 17.3. The molecule has 4 fully saturated rings. The molecule has 48 heavy (non-hydrogen) atoms. The number of imidazole rings is 1. The van der Waals surface area contributed by atoms with Crippen molar-refractivity contribution in [2.24, 2.45) is 24.6 Å². The Bertz CT molecular complexity index is 2100. The maximum absolute atomic E-state index is 14.0. The van der Waals surface area contributed by atoms with E-state index >= 15 is 0 Å². The number of carbonyl (C=O) groups is 2. The quantitative estimate of drug-likeness (QED) is 0.268. The summed E-state index contributed by atoms with van der Waals surface area (Å²) >= 11 is 0. The van der Waals surface area contributed by atoms with Crippen molar-refractivity contribution >= 4 is 33.8 Å². The summed E-state index contributed by atoms with van der Waals surface area (Å²) in [6, 6.07) is 12.8. The minimum atomic E-state index is -0.00574. The lowest BCUT2D eigenvalue weighted by Crippen LogP contribution is -2.47. The van der Waals surface area contributed by atoms with Crippen LogP contribution >= 0.6 is 0 Å². The van der Waals surface area contributed by atoms with Gasteiger partial charge in [-0.3, -0.25) is 14.3 Å². The highest BCUT2D eigenvalue weighted by atomic mass is 16.5. The summed E-state index contributed by atoms with van der Waals surface area (Å²) in [5.74, 6) is 2.88. The van der Waals surface area contributed by atoms with E-state index in [1.54, 1.807) is 14.0 Å². The first kappa shape index (κ1) is 29.5. The number of methoxy groups -OCH3 is 1. The monoisotopic (exact) mass is 646 g/mol. The van der Waals surface area contributed by atoms with Crippen molar-refractivity contribution in [2.75, 3.05) is 26.7 Å². The molecule has 4 aliphatic rings. The number of likely N-dealkylation sites (tertiary alicyclic amines) is 2. The van der Waals surface area contributed by atoms with Crippen molar-refractivity contribution in [2.45, 2.75) is 63.7 Å². The highest BCUT2D eigenvalue weighted by molar-refractivity contribution is 6.01. The number of nitrogens with two attached hydrogens (primary N) is 1. The van der Waals surface area contributed by atoms with Crippen LogP contribution in [0.1, 0.15) is 60.0 Å². The number of aromatic nitrogens is 5. The molecule has 5 heterocycles. The topological polar surface area (TPSA) is 116 Å². The van der Waals surface area contributed by atoms with Gasteiger partial charge < -0.3 is 29.4 Å². The minimum absolute atomic E-state index is 0.00574. The van der Waals surface area contributed by atoms with E-state index in [2.05, 4.69) is 38.5 Å². The lowest BCUT2D eigenvalue weighted by molar-refractivity contribution is -0.133. The highest BCUT2D eigenvalue weighted by Crippen LogP contribution is 2.42. The van der Waals surface area contributed by atoms with E-state index in [0.717, 1.165) is 60.6 Å². The van der Waals surface area contributed by atoms with Gasteiger partial charge in [0, 0.05) is 80.9 Å². The summed E-state index contributed by atoms with van der Waals surface area (Å²) in [5, 5.41) is 5.63. The third-order valence-corrected chi connectivity index (χ3v) is 11.4. The number of carbonyl (C=O) groups excluding carboxylic acids is 2. The van der Waals surface area contributed by atoms with Crippen LogP contribution in [-0.4, -0.2) is 84.3 Å². The summed E-state index contributed by atoms with van der Waals surface area (Å²) in [6.07, 6.45) is 8.41. The zero-order valence-electron chi connectivity index (χ0n) is 27.8. The standard InChI is InChI=1S/C37H42N8O3/c1-21(46)42-18-27(19-42)28-6-4-5-24-12-31(43(34(24)28)16-22-7-8-22)36-40-29-11-26(37(47)44-20-25-9-10-30(44)33(25)38)13-32(48-3)35(29)45(36)17-23-14-39-41(2)15-23/h4-6,11-15,22,25,27,30,33H,7-10,16-20,38H2,1-3H3/t25-,30-,33?/m1/s1.